The largest absolute Gasteiger partial charge is 0.445 e. The van der Waals surface area contributed by atoms with Gasteiger partial charge >= 0.3 is 5.97 Å². The maximum absolute atomic E-state index is 13.5. The third-order valence-electron chi connectivity index (χ3n) is 5.68. The Hall–Kier alpha value is -5.23. The van der Waals surface area contributed by atoms with Crippen molar-refractivity contribution in [2.24, 2.45) is 0 Å². The first-order valence-electron chi connectivity index (χ1n) is 11.2. The Kier molecular flexibility index (Phi) is 7.58. The molecule has 0 saturated carbocycles. The van der Waals surface area contributed by atoms with E-state index in [1.165, 1.54) is 48.5 Å². The number of ether oxygens (including phenoxy) is 1. The van der Waals surface area contributed by atoms with E-state index in [4.69, 9.17) is 4.74 Å². The third-order valence-corrected chi connectivity index (χ3v) is 7.54. The number of ketones is 1. The van der Waals surface area contributed by atoms with Gasteiger partial charge in [-0.15, -0.1) is 0 Å². The molecule has 11 nitrogen and oxygen atoms in total. The maximum Gasteiger partial charge on any atom is 0.340 e. The van der Waals surface area contributed by atoms with Gasteiger partial charge in [-0.3, -0.25) is 25.0 Å². The second-order valence-corrected chi connectivity index (χ2v) is 9.98. The standard InChI is InChI=1S/C27H18N2O9S/c30-25(18-8-2-1-3-9-18)26(19-14-16-20(17-15-19)28(32)33)38-27(31)21-10-4-6-12-23(21)39(36,37)24-13-7-5-11-22(24)29(34)35/h1-17,26H/t26-/m1/s1. The van der Waals surface area contributed by atoms with E-state index in [0.717, 1.165) is 36.4 Å². The van der Waals surface area contributed by atoms with E-state index in [1.54, 1.807) is 18.2 Å². The lowest BCUT2D eigenvalue weighted by molar-refractivity contribution is -0.387. The van der Waals surface area contributed by atoms with Gasteiger partial charge in [0.2, 0.25) is 15.6 Å². The van der Waals surface area contributed by atoms with E-state index >= 15 is 0 Å². The van der Waals surface area contributed by atoms with Crippen molar-refractivity contribution in [2.45, 2.75) is 15.9 Å². The molecule has 0 saturated heterocycles. The molecule has 0 N–H and O–H groups in total. The molecule has 4 aromatic carbocycles. The maximum atomic E-state index is 13.5. The summed E-state index contributed by atoms with van der Waals surface area (Å²) in [4.78, 5) is 46.6. The number of esters is 1. The van der Waals surface area contributed by atoms with Crippen molar-refractivity contribution in [3.05, 3.63) is 140 Å². The number of carbonyl (C=O) groups is 2. The molecule has 4 rings (SSSR count). The average molecular weight is 547 g/mol. The van der Waals surface area contributed by atoms with Crippen LogP contribution in [-0.4, -0.2) is 30.0 Å². The number of sulfone groups is 1. The van der Waals surface area contributed by atoms with Crippen LogP contribution in [0.25, 0.3) is 0 Å². The third kappa shape index (κ3) is 5.55. The minimum absolute atomic E-state index is 0.113. The lowest BCUT2D eigenvalue weighted by Crippen LogP contribution is -2.22. The molecule has 0 radical (unpaired) electrons. The van der Waals surface area contributed by atoms with Gasteiger partial charge in [0.05, 0.1) is 20.3 Å². The Morgan fingerprint density at radius 3 is 1.87 bits per heavy atom. The molecule has 0 amide bonds. The van der Waals surface area contributed by atoms with E-state index < -0.39 is 58.6 Å². The summed E-state index contributed by atoms with van der Waals surface area (Å²) in [7, 11) is -4.58. The normalized spacial score (nSPS) is 11.8. The average Bonchev–Trinajstić information content (AvgIpc) is 2.96. The highest BCUT2D eigenvalue weighted by atomic mass is 32.2. The van der Waals surface area contributed by atoms with Crippen LogP contribution in [0.1, 0.15) is 32.4 Å². The first-order chi connectivity index (χ1) is 18.6. The van der Waals surface area contributed by atoms with Gasteiger partial charge in [-0.05, 0) is 30.3 Å². The lowest BCUT2D eigenvalue weighted by Gasteiger charge is -2.18. The van der Waals surface area contributed by atoms with Gasteiger partial charge in [-0.2, -0.15) is 0 Å². The SMILES string of the molecule is O=C(O[C@@H](C(=O)c1ccccc1)c1ccc([N+](=O)[O-])cc1)c1ccccc1S(=O)(=O)c1ccccc1[N+](=O)[O-]. The lowest BCUT2D eigenvalue weighted by atomic mass is 9.99. The molecule has 1 atom stereocenters. The van der Waals surface area contributed by atoms with Crippen molar-refractivity contribution in [3.63, 3.8) is 0 Å². The van der Waals surface area contributed by atoms with Crippen molar-refractivity contribution < 1.29 is 32.6 Å². The fourth-order valence-corrected chi connectivity index (χ4v) is 5.40. The molecule has 0 heterocycles. The van der Waals surface area contributed by atoms with E-state index in [9.17, 15) is 38.2 Å². The smallest absolute Gasteiger partial charge is 0.340 e. The van der Waals surface area contributed by atoms with Crippen molar-refractivity contribution in [1.29, 1.82) is 0 Å². The Balaban J connectivity index is 1.77. The number of nitro groups is 2. The van der Waals surface area contributed by atoms with E-state index in [1.807, 2.05) is 0 Å². The Bertz CT molecular complexity index is 1690. The van der Waals surface area contributed by atoms with Gasteiger partial charge in [-0.1, -0.05) is 54.6 Å². The fraction of sp³-hybridized carbons (Fsp3) is 0.0370. The Morgan fingerprint density at radius 1 is 0.692 bits per heavy atom. The van der Waals surface area contributed by atoms with Crippen LogP contribution >= 0.6 is 0 Å². The second kappa shape index (κ2) is 11.0. The number of carbonyl (C=O) groups excluding carboxylic acids is 2. The highest BCUT2D eigenvalue weighted by molar-refractivity contribution is 7.91. The topological polar surface area (TPSA) is 164 Å². The van der Waals surface area contributed by atoms with Crippen LogP contribution in [0.4, 0.5) is 11.4 Å². The summed E-state index contributed by atoms with van der Waals surface area (Å²) in [6, 6.07) is 22.3. The summed E-state index contributed by atoms with van der Waals surface area (Å²) in [5.74, 6) is -1.85. The predicted octanol–water partition coefficient (Wildman–Crippen LogP) is 5.12. The summed E-state index contributed by atoms with van der Waals surface area (Å²) in [5.41, 5.74) is -1.10. The zero-order chi connectivity index (χ0) is 28.2. The first kappa shape index (κ1) is 26.8. The highest BCUT2D eigenvalue weighted by Crippen LogP contribution is 2.32. The van der Waals surface area contributed by atoms with E-state index in [2.05, 4.69) is 0 Å². The number of Topliss-reactive ketones (excluding diaryl/α,β-unsaturated/α-hetero) is 1. The summed E-state index contributed by atoms with van der Waals surface area (Å²) >= 11 is 0. The molecule has 0 aromatic heterocycles. The molecule has 0 spiro atoms. The number of benzene rings is 4. The molecule has 0 aliphatic carbocycles. The van der Waals surface area contributed by atoms with Gasteiger partial charge in [0.15, 0.2) is 6.10 Å². The summed E-state index contributed by atoms with van der Waals surface area (Å²) < 4.78 is 32.4. The second-order valence-electron chi connectivity index (χ2n) is 8.09. The number of para-hydroxylation sites is 1. The first-order valence-corrected chi connectivity index (χ1v) is 12.7. The highest BCUT2D eigenvalue weighted by Gasteiger charge is 2.33. The monoisotopic (exact) mass is 546 g/mol. The van der Waals surface area contributed by atoms with Crippen LogP contribution in [-0.2, 0) is 14.6 Å². The summed E-state index contributed by atoms with van der Waals surface area (Å²) in [6.07, 6.45) is -1.58. The van der Waals surface area contributed by atoms with Crippen molar-refractivity contribution in [2.75, 3.05) is 0 Å². The molecule has 0 bridgehead atoms. The number of nitrogens with zero attached hydrogens (tertiary/aromatic N) is 2. The molecular formula is C27H18N2O9S. The number of hydrogen-bond donors (Lipinski definition) is 0. The van der Waals surface area contributed by atoms with Crippen LogP contribution in [0.5, 0.6) is 0 Å². The predicted molar refractivity (Wildman–Crippen MR) is 137 cm³/mol. The molecule has 39 heavy (non-hydrogen) atoms. The molecule has 12 heteroatoms. The number of hydrogen-bond acceptors (Lipinski definition) is 9. The minimum atomic E-state index is -4.58. The van der Waals surface area contributed by atoms with Gasteiger partial charge in [0.25, 0.3) is 11.4 Å². The van der Waals surface area contributed by atoms with Gasteiger partial charge in [-0.25, -0.2) is 13.2 Å². The zero-order valence-corrected chi connectivity index (χ0v) is 20.7. The van der Waals surface area contributed by atoms with Crippen molar-refractivity contribution in [3.8, 4) is 0 Å². The van der Waals surface area contributed by atoms with Crippen LogP contribution in [0.2, 0.25) is 0 Å². The van der Waals surface area contributed by atoms with Gasteiger partial charge < -0.3 is 4.74 Å². The Labute approximate surface area is 221 Å². The van der Waals surface area contributed by atoms with Crippen LogP contribution < -0.4 is 0 Å². The van der Waals surface area contributed by atoms with Gasteiger partial charge in [0.1, 0.15) is 4.90 Å². The number of nitro benzene ring substituents is 2. The quantitative estimate of drug-likeness (QED) is 0.120. The number of non-ortho nitro benzene ring substituents is 1. The molecular weight excluding hydrogens is 528 g/mol. The van der Waals surface area contributed by atoms with Crippen LogP contribution in [0, 0.1) is 20.2 Å². The molecule has 0 aliphatic heterocycles. The molecule has 196 valence electrons. The molecule has 0 aliphatic rings. The van der Waals surface area contributed by atoms with Gasteiger partial charge in [0, 0.05) is 29.3 Å². The molecule has 0 unspecified atom stereocenters. The molecule has 4 aromatic rings. The fourth-order valence-electron chi connectivity index (χ4n) is 3.79. The summed E-state index contributed by atoms with van der Waals surface area (Å²) in [5, 5.41) is 22.5. The summed E-state index contributed by atoms with van der Waals surface area (Å²) in [6.45, 7) is 0. The number of rotatable bonds is 9. The van der Waals surface area contributed by atoms with Crippen LogP contribution in [0.15, 0.2) is 113 Å². The van der Waals surface area contributed by atoms with Crippen LogP contribution in [0.3, 0.4) is 0 Å². The zero-order valence-electron chi connectivity index (χ0n) is 19.9. The van der Waals surface area contributed by atoms with Crippen molar-refractivity contribution >= 4 is 33.0 Å². The van der Waals surface area contributed by atoms with Crippen molar-refractivity contribution in [1.82, 2.24) is 0 Å². The van der Waals surface area contributed by atoms with E-state index in [0.29, 0.717) is 0 Å². The minimum Gasteiger partial charge on any atom is -0.445 e. The molecule has 0 fully saturated rings. The Morgan fingerprint density at radius 2 is 1.26 bits per heavy atom. The van der Waals surface area contributed by atoms with E-state index in [-0.39, 0.29) is 16.8 Å².